The number of benzene rings is 4. The SMILES string of the molecule is COc1ccc(OC)c(C=Cc2ccc(N3C(=O)[C@H]4[C@H](CC=C5[C@H]4C[C@H]4C(=O)N(c6ccccc6)C(=O)[C@@]4(C)[C@H]5c4cc(Cl)ccc4O)C3=O)cc2)c1. The maximum Gasteiger partial charge on any atom is 0.241 e. The smallest absolute Gasteiger partial charge is 0.241 e. The van der Waals surface area contributed by atoms with E-state index in [-0.39, 0.29) is 42.2 Å². The zero-order valence-corrected chi connectivity index (χ0v) is 30.1. The van der Waals surface area contributed by atoms with Gasteiger partial charge in [-0.2, -0.15) is 0 Å². The molecule has 6 atom stereocenters. The number of rotatable bonds is 7. The van der Waals surface area contributed by atoms with Crippen molar-refractivity contribution >= 4 is 58.8 Å². The summed E-state index contributed by atoms with van der Waals surface area (Å²) in [7, 11) is 3.20. The molecule has 2 aliphatic carbocycles. The number of imide groups is 2. The topological polar surface area (TPSA) is 113 Å². The minimum absolute atomic E-state index is 0.0594. The highest BCUT2D eigenvalue weighted by molar-refractivity contribution is 6.30. The number of allylic oxidation sites excluding steroid dienone is 2. The molecule has 4 amide bonds. The molecule has 0 radical (unpaired) electrons. The van der Waals surface area contributed by atoms with Crippen LogP contribution in [0.15, 0.2) is 103 Å². The lowest BCUT2D eigenvalue weighted by atomic mass is 9.51. The van der Waals surface area contributed by atoms with E-state index < -0.39 is 35.0 Å². The fraction of sp³-hybridized carbons (Fsp3) is 0.256. The number of phenolic OH excluding ortho intramolecular Hbond substituents is 1. The number of amides is 4. The molecule has 9 nitrogen and oxygen atoms in total. The molecule has 0 aromatic heterocycles. The Balaban J connectivity index is 1.14. The van der Waals surface area contributed by atoms with E-state index in [4.69, 9.17) is 21.1 Å². The molecule has 2 aliphatic heterocycles. The standard InChI is InChI=1S/C43H37ClN2O7/c1-43-34(40(49)46(42(43)51)27-7-5-4-6-8-27)23-32-30(38(43)33-22-26(44)13-19-35(33)47)17-18-31-37(32)41(50)45(39(31)48)28-14-10-24(11-15-28)9-12-25-21-29(52-2)16-20-36(25)53-3/h4-17,19-22,31-32,34,37-38,47H,18,23H2,1-3H3/t31-,32+,34-,37-,38+,43+/m0/s1. The quantitative estimate of drug-likeness (QED) is 0.118. The summed E-state index contributed by atoms with van der Waals surface area (Å²) in [6, 6.07) is 26.2. The highest BCUT2D eigenvalue weighted by Gasteiger charge is 2.68. The summed E-state index contributed by atoms with van der Waals surface area (Å²) in [5, 5.41) is 11.6. The maximum atomic E-state index is 14.5. The predicted molar refractivity (Wildman–Crippen MR) is 202 cm³/mol. The number of fused-ring (bicyclic) bond motifs is 4. The molecule has 2 heterocycles. The van der Waals surface area contributed by atoms with Crippen LogP contribution in [-0.4, -0.2) is 43.0 Å². The first-order chi connectivity index (χ1) is 25.6. The van der Waals surface area contributed by atoms with E-state index >= 15 is 0 Å². The summed E-state index contributed by atoms with van der Waals surface area (Å²) >= 11 is 6.48. The summed E-state index contributed by atoms with van der Waals surface area (Å²) < 4.78 is 10.8. The summed E-state index contributed by atoms with van der Waals surface area (Å²) in [5.74, 6) is -3.52. The van der Waals surface area contributed by atoms with Gasteiger partial charge in [-0.15, -0.1) is 0 Å². The number of anilines is 2. The lowest BCUT2D eigenvalue weighted by Gasteiger charge is -2.49. The van der Waals surface area contributed by atoms with Crippen LogP contribution in [0.5, 0.6) is 17.2 Å². The molecule has 4 aromatic rings. The highest BCUT2D eigenvalue weighted by atomic mass is 35.5. The summed E-state index contributed by atoms with van der Waals surface area (Å²) in [6.45, 7) is 1.78. The van der Waals surface area contributed by atoms with E-state index in [1.54, 1.807) is 69.7 Å². The third-order valence-electron chi connectivity index (χ3n) is 11.6. The van der Waals surface area contributed by atoms with E-state index in [1.165, 1.54) is 15.9 Å². The van der Waals surface area contributed by atoms with Gasteiger partial charge in [0.05, 0.1) is 48.8 Å². The van der Waals surface area contributed by atoms with Crippen molar-refractivity contribution < 1.29 is 33.8 Å². The third kappa shape index (κ3) is 5.36. The summed E-state index contributed by atoms with van der Waals surface area (Å²) in [4.78, 5) is 60.0. The van der Waals surface area contributed by atoms with Crippen LogP contribution in [0.1, 0.15) is 42.4 Å². The summed E-state index contributed by atoms with van der Waals surface area (Å²) in [6.07, 6.45) is 6.26. The van der Waals surface area contributed by atoms with Crippen LogP contribution in [0, 0.1) is 29.1 Å². The van der Waals surface area contributed by atoms with Crippen LogP contribution >= 0.6 is 11.6 Å². The van der Waals surface area contributed by atoms with Crippen molar-refractivity contribution in [3.63, 3.8) is 0 Å². The van der Waals surface area contributed by atoms with Crippen molar-refractivity contribution in [2.75, 3.05) is 24.0 Å². The minimum atomic E-state index is -1.28. The van der Waals surface area contributed by atoms with Gasteiger partial charge in [0.2, 0.25) is 23.6 Å². The number of hydrogen-bond acceptors (Lipinski definition) is 7. The zero-order valence-electron chi connectivity index (χ0n) is 29.4. The first-order valence-electron chi connectivity index (χ1n) is 17.6. The van der Waals surface area contributed by atoms with Crippen LogP contribution in [-0.2, 0) is 19.2 Å². The van der Waals surface area contributed by atoms with Crippen molar-refractivity contribution in [2.24, 2.45) is 29.1 Å². The van der Waals surface area contributed by atoms with Gasteiger partial charge in [-0.05, 0) is 91.9 Å². The molecule has 53 heavy (non-hydrogen) atoms. The molecule has 4 aromatic carbocycles. The number of carbonyl (C=O) groups is 4. The average molecular weight is 729 g/mol. The van der Waals surface area contributed by atoms with Gasteiger partial charge < -0.3 is 14.6 Å². The Morgan fingerprint density at radius 1 is 0.792 bits per heavy atom. The molecule has 8 rings (SSSR count). The first kappa shape index (κ1) is 34.4. The molecule has 4 aliphatic rings. The Bertz CT molecular complexity index is 2230. The number of halogens is 1. The maximum absolute atomic E-state index is 14.5. The van der Waals surface area contributed by atoms with E-state index in [1.807, 2.05) is 54.6 Å². The highest BCUT2D eigenvalue weighted by Crippen LogP contribution is 2.64. The van der Waals surface area contributed by atoms with Gasteiger partial charge in [-0.1, -0.05) is 65.7 Å². The van der Waals surface area contributed by atoms with Gasteiger partial charge in [-0.25, -0.2) is 4.90 Å². The lowest BCUT2D eigenvalue weighted by Crippen LogP contribution is -2.48. The fourth-order valence-corrected chi connectivity index (χ4v) is 9.26. The second-order valence-corrected chi connectivity index (χ2v) is 14.7. The fourth-order valence-electron chi connectivity index (χ4n) is 9.08. The van der Waals surface area contributed by atoms with Gasteiger partial charge in [0.1, 0.15) is 17.2 Å². The third-order valence-corrected chi connectivity index (χ3v) is 11.9. The lowest BCUT2D eigenvalue weighted by molar-refractivity contribution is -0.131. The van der Waals surface area contributed by atoms with Gasteiger partial charge in [0, 0.05) is 22.1 Å². The minimum Gasteiger partial charge on any atom is -0.508 e. The van der Waals surface area contributed by atoms with Crippen LogP contribution in [0.3, 0.4) is 0 Å². The number of aromatic hydroxyl groups is 1. The molecule has 3 fully saturated rings. The van der Waals surface area contributed by atoms with E-state index in [2.05, 4.69) is 0 Å². The van der Waals surface area contributed by atoms with Gasteiger partial charge in [0.15, 0.2) is 0 Å². The summed E-state index contributed by atoms with van der Waals surface area (Å²) in [5.41, 5.74) is 2.50. The molecule has 10 heteroatoms. The molecule has 268 valence electrons. The van der Waals surface area contributed by atoms with E-state index in [9.17, 15) is 24.3 Å². The van der Waals surface area contributed by atoms with Gasteiger partial charge in [0.25, 0.3) is 0 Å². The van der Waals surface area contributed by atoms with Crippen LogP contribution in [0.2, 0.25) is 5.02 Å². The molecular formula is C43H37ClN2O7. The Hall–Kier alpha value is -5.67. The van der Waals surface area contributed by atoms with Crippen molar-refractivity contribution in [3.8, 4) is 17.2 Å². The molecule has 0 spiro atoms. The van der Waals surface area contributed by atoms with Crippen molar-refractivity contribution in [1.29, 1.82) is 0 Å². The number of nitrogens with zero attached hydrogens (tertiary/aromatic N) is 2. The van der Waals surface area contributed by atoms with Crippen molar-refractivity contribution in [2.45, 2.75) is 25.7 Å². The second kappa shape index (κ2) is 13.1. The van der Waals surface area contributed by atoms with E-state index in [0.29, 0.717) is 33.5 Å². The van der Waals surface area contributed by atoms with Gasteiger partial charge in [-0.3, -0.25) is 24.1 Å². The Labute approximate surface area is 312 Å². The number of phenols is 1. The molecule has 2 saturated heterocycles. The van der Waals surface area contributed by atoms with Crippen LogP contribution in [0.25, 0.3) is 12.2 Å². The largest absolute Gasteiger partial charge is 0.508 e. The molecule has 1 N–H and O–H groups in total. The van der Waals surface area contributed by atoms with Crippen LogP contribution < -0.4 is 19.3 Å². The monoisotopic (exact) mass is 728 g/mol. The first-order valence-corrected chi connectivity index (χ1v) is 17.9. The Kier molecular flexibility index (Phi) is 8.49. The Morgan fingerprint density at radius 3 is 2.25 bits per heavy atom. The Morgan fingerprint density at radius 2 is 1.53 bits per heavy atom. The molecule has 1 saturated carbocycles. The molecule has 0 unspecified atom stereocenters. The number of methoxy groups -OCH3 is 2. The number of hydrogen-bond donors (Lipinski definition) is 1. The van der Waals surface area contributed by atoms with Gasteiger partial charge >= 0.3 is 0 Å². The predicted octanol–water partition coefficient (Wildman–Crippen LogP) is 7.67. The number of carbonyl (C=O) groups excluding carboxylic acids is 4. The molecule has 0 bridgehead atoms. The molecular weight excluding hydrogens is 692 g/mol. The number of para-hydroxylation sites is 1. The zero-order chi connectivity index (χ0) is 37.2. The van der Waals surface area contributed by atoms with E-state index in [0.717, 1.165) is 16.7 Å². The van der Waals surface area contributed by atoms with Crippen LogP contribution in [0.4, 0.5) is 11.4 Å². The normalized spacial score (nSPS) is 26.4. The second-order valence-electron chi connectivity index (χ2n) is 14.2. The van der Waals surface area contributed by atoms with Crippen molar-refractivity contribution in [3.05, 3.63) is 124 Å². The van der Waals surface area contributed by atoms with Crippen molar-refractivity contribution in [1.82, 2.24) is 0 Å². The number of ether oxygens (including phenoxy) is 2. The average Bonchev–Trinajstić information content (AvgIpc) is 3.54.